The number of nitrogens with zero attached hydrogens (tertiary/aromatic N) is 1. The Bertz CT molecular complexity index is 1130. The molecule has 1 heterocycles. The fraction of sp³-hybridized carbons (Fsp3) is 0.231. The van der Waals surface area contributed by atoms with Crippen LogP contribution in [0.1, 0.15) is 39.0 Å². The maximum atomic E-state index is 13.7. The lowest BCUT2D eigenvalue weighted by molar-refractivity contribution is -0.124. The van der Waals surface area contributed by atoms with E-state index in [0.717, 1.165) is 11.1 Å². The fourth-order valence-electron chi connectivity index (χ4n) is 4.25. The van der Waals surface area contributed by atoms with Gasteiger partial charge in [0.1, 0.15) is 0 Å². The van der Waals surface area contributed by atoms with Crippen molar-refractivity contribution in [2.45, 2.75) is 18.5 Å². The number of benzene rings is 3. The third-order valence-corrected chi connectivity index (χ3v) is 6.31. The predicted octanol–water partition coefficient (Wildman–Crippen LogP) is 5.24. The third kappa shape index (κ3) is 5.06. The van der Waals surface area contributed by atoms with E-state index in [4.69, 9.17) is 27.9 Å². The number of fused-ring (bicyclic) bond motifs is 1. The molecular formula is C26H24Cl2N2O3. The molecule has 0 fully saturated rings. The van der Waals surface area contributed by atoms with Crippen molar-refractivity contribution in [3.63, 3.8) is 0 Å². The maximum absolute atomic E-state index is 13.7. The number of rotatable bonds is 7. The first-order chi connectivity index (χ1) is 16.0. The Morgan fingerprint density at radius 1 is 0.970 bits per heavy atom. The fourth-order valence-corrected chi connectivity index (χ4v) is 4.51. The van der Waals surface area contributed by atoms with Crippen LogP contribution < -0.4 is 5.32 Å². The van der Waals surface area contributed by atoms with E-state index < -0.39 is 12.0 Å². The van der Waals surface area contributed by atoms with Crippen LogP contribution >= 0.6 is 23.2 Å². The van der Waals surface area contributed by atoms with Gasteiger partial charge in [-0.25, -0.2) is 0 Å². The Hall–Kier alpha value is -2.86. The zero-order valence-corrected chi connectivity index (χ0v) is 19.6. The van der Waals surface area contributed by atoms with Crippen molar-refractivity contribution in [2.75, 3.05) is 20.3 Å². The van der Waals surface area contributed by atoms with E-state index in [1.807, 2.05) is 42.5 Å². The molecule has 3 aromatic carbocycles. The number of carbonyl (C=O) groups excluding carboxylic acids is 2. The van der Waals surface area contributed by atoms with E-state index >= 15 is 0 Å². The Kier molecular flexibility index (Phi) is 7.33. The lowest BCUT2D eigenvalue weighted by atomic mass is 9.79. The van der Waals surface area contributed by atoms with Gasteiger partial charge >= 0.3 is 0 Å². The first-order valence-electron chi connectivity index (χ1n) is 10.7. The van der Waals surface area contributed by atoms with Crippen LogP contribution in [-0.2, 0) is 16.1 Å². The van der Waals surface area contributed by atoms with Gasteiger partial charge in [-0.3, -0.25) is 9.59 Å². The van der Waals surface area contributed by atoms with Crippen LogP contribution in [0.2, 0.25) is 10.0 Å². The van der Waals surface area contributed by atoms with Crippen molar-refractivity contribution in [2.24, 2.45) is 0 Å². The predicted molar refractivity (Wildman–Crippen MR) is 130 cm³/mol. The van der Waals surface area contributed by atoms with Crippen LogP contribution in [0.3, 0.4) is 0 Å². The van der Waals surface area contributed by atoms with Crippen LogP contribution in [0.5, 0.6) is 0 Å². The van der Waals surface area contributed by atoms with Crippen molar-refractivity contribution in [3.8, 4) is 0 Å². The van der Waals surface area contributed by atoms with Gasteiger partial charge in [0, 0.05) is 35.8 Å². The molecule has 2 amide bonds. The van der Waals surface area contributed by atoms with E-state index in [9.17, 15) is 9.59 Å². The maximum Gasteiger partial charge on any atom is 0.255 e. The number of ether oxygens (including phenoxy) is 1. The summed E-state index contributed by atoms with van der Waals surface area (Å²) in [4.78, 5) is 28.9. The standard InChI is InChI=1S/C26H24Cl2N2O3/c1-33-15-14-29-25(31)23-21-4-2-3-5-22(21)26(32)30(16-17-6-10-19(27)11-7-17)24(23)18-8-12-20(28)13-9-18/h2-13,23-24H,14-16H2,1H3,(H,29,31)/t23?,24-/m0/s1. The molecule has 0 saturated carbocycles. The van der Waals surface area contributed by atoms with Crippen LogP contribution in [0.25, 0.3) is 0 Å². The number of hydrogen-bond acceptors (Lipinski definition) is 3. The minimum Gasteiger partial charge on any atom is -0.383 e. The Morgan fingerprint density at radius 2 is 1.61 bits per heavy atom. The minimum absolute atomic E-state index is 0.124. The van der Waals surface area contributed by atoms with Crippen LogP contribution in [0, 0.1) is 0 Å². The lowest BCUT2D eigenvalue weighted by Crippen LogP contribution is -2.47. The zero-order chi connectivity index (χ0) is 23.4. The van der Waals surface area contributed by atoms with Crippen molar-refractivity contribution in [1.29, 1.82) is 0 Å². The van der Waals surface area contributed by atoms with Gasteiger partial charge in [-0.2, -0.15) is 0 Å². The molecule has 1 N–H and O–H groups in total. The number of halogens is 2. The summed E-state index contributed by atoms with van der Waals surface area (Å²) in [7, 11) is 1.59. The van der Waals surface area contributed by atoms with E-state index in [0.29, 0.717) is 40.9 Å². The molecule has 170 valence electrons. The smallest absolute Gasteiger partial charge is 0.255 e. The first kappa shape index (κ1) is 23.3. The molecule has 1 aliphatic rings. The number of carbonyl (C=O) groups is 2. The van der Waals surface area contributed by atoms with Crippen molar-refractivity contribution in [1.82, 2.24) is 10.2 Å². The highest BCUT2D eigenvalue weighted by Gasteiger charge is 2.44. The second-order valence-electron chi connectivity index (χ2n) is 7.90. The quantitative estimate of drug-likeness (QED) is 0.468. The molecule has 0 spiro atoms. The second kappa shape index (κ2) is 10.4. The highest BCUT2D eigenvalue weighted by molar-refractivity contribution is 6.30. The molecule has 0 aromatic heterocycles. The average Bonchev–Trinajstić information content (AvgIpc) is 2.82. The molecule has 3 aromatic rings. The van der Waals surface area contributed by atoms with Gasteiger partial charge in [0.2, 0.25) is 5.91 Å². The van der Waals surface area contributed by atoms with E-state index in [1.165, 1.54) is 0 Å². The van der Waals surface area contributed by atoms with E-state index in [2.05, 4.69) is 5.32 Å². The largest absolute Gasteiger partial charge is 0.383 e. The van der Waals surface area contributed by atoms with Crippen molar-refractivity contribution in [3.05, 3.63) is 105 Å². The average molecular weight is 483 g/mol. The van der Waals surface area contributed by atoms with Gasteiger partial charge in [0.15, 0.2) is 0 Å². The molecule has 0 aliphatic carbocycles. The molecule has 0 radical (unpaired) electrons. The van der Waals surface area contributed by atoms with Gasteiger partial charge in [0.25, 0.3) is 5.91 Å². The number of hydrogen-bond donors (Lipinski definition) is 1. The summed E-state index contributed by atoms with van der Waals surface area (Å²) in [5.74, 6) is -0.876. The van der Waals surface area contributed by atoms with Crippen molar-refractivity contribution >= 4 is 35.0 Å². The normalized spacial score (nSPS) is 17.5. The van der Waals surface area contributed by atoms with Gasteiger partial charge in [-0.15, -0.1) is 0 Å². The number of methoxy groups -OCH3 is 1. The molecule has 0 bridgehead atoms. The van der Waals surface area contributed by atoms with E-state index in [1.54, 1.807) is 42.3 Å². The van der Waals surface area contributed by atoms with Crippen LogP contribution in [0.15, 0.2) is 72.8 Å². The second-order valence-corrected chi connectivity index (χ2v) is 8.78. The first-order valence-corrected chi connectivity index (χ1v) is 11.4. The monoisotopic (exact) mass is 482 g/mol. The Balaban J connectivity index is 1.82. The minimum atomic E-state index is -0.593. The highest BCUT2D eigenvalue weighted by Crippen LogP contribution is 2.43. The molecule has 2 atom stereocenters. The molecular weight excluding hydrogens is 459 g/mol. The molecule has 0 saturated heterocycles. The summed E-state index contributed by atoms with van der Waals surface area (Å²) in [5.41, 5.74) is 3.00. The summed E-state index contributed by atoms with van der Waals surface area (Å²) in [6.45, 7) is 1.12. The molecule has 4 rings (SSSR count). The number of nitrogens with one attached hydrogen (secondary N) is 1. The van der Waals surface area contributed by atoms with Gasteiger partial charge in [-0.1, -0.05) is 65.7 Å². The summed E-state index contributed by atoms with van der Waals surface area (Å²) < 4.78 is 5.10. The van der Waals surface area contributed by atoms with Crippen LogP contribution in [0.4, 0.5) is 0 Å². The van der Waals surface area contributed by atoms with Crippen molar-refractivity contribution < 1.29 is 14.3 Å². The van der Waals surface area contributed by atoms with E-state index in [-0.39, 0.29) is 11.8 Å². The van der Waals surface area contributed by atoms with Gasteiger partial charge in [0.05, 0.1) is 18.6 Å². The van der Waals surface area contributed by atoms with Gasteiger partial charge < -0.3 is 15.0 Å². The topological polar surface area (TPSA) is 58.6 Å². The molecule has 1 aliphatic heterocycles. The lowest BCUT2D eigenvalue weighted by Gasteiger charge is -2.42. The highest BCUT2D eigenvalue weighted by atomic mass is 35.5. The summed E-state index contributed by atoms with van der Waals surface area (Å²) in [5, 5.41) is 4.18. The summed E-state index contributed by atoms with van der Waals surface area (Å²) in [6.07, 6.45) is 0. The third-order valence-electron chi connectivity index (χ3n) is 5.80. The Morgan fingerprint density at radius 3 is 2.27 bits per heavy atom. The zero-order valence-electron chi connectivity index (χ0n) is 18.1. The molecule has 5 nitrogen and oxygen atoms in total. The Labute approximate surface area is 203 Å². The molecule has 1 unspecified atom stereocenters. The number of amides is 2. The van der Waals surface area contributed by atoms with Crippen LogP contribution in [-0.4, -0.2) is 37.0 Å². The molecule has 7 heteroatoms. The molecule has 33 heavy (non-hydrogen) atoms. The summed E-state index contributed by atoms with van der Waals surface area (Å²) >= 11 is 12.2. The van der Waals surface area contributed by atoms with Gasteiger partial charge in [-0.05, 0) is 47.0 Å². The summed E-state index contributed by atoms with van der Waals surface area (Å²) in [6, 6.07) is 21.5. The SMILES string of the molecule is COCCNC(=O)C1c2ccccc2C(=O)N(Cc2ccc(Cl)cc2)[C@H]1c1ccc(Cl)cc1.